The lowest BCUT2D eigenvalue weighted by atomic mass is 10.1. The van der Waals surface area contributed by atoms with Gasteiger partial charge in [-0.15, -0.1) is 11.3 Å². The second-order valence-corrected chi connectivity index (χ2v) is 5.10. The van der Waals surface area contributed by atoms with E-state index in [0.29, 0.717) is 4.80 Å². The number of nitrogens with zero attached hydrogens (tertiary/aromatic N) is 3. The highest BCUT2D eigenvalue weighted by atomic mass is 32.1. The third-order valence-corrected chi connectivity index (χ3v) is 3.60. The maximum atomic E-state index is 12.2. The largest absolute Gasteiger partial charge is 0.465 e. The normalized spacial score (nSPS) is 11.3. The van der Waals surface area contributed by atoms with Crippen LogP contribution in [0.4, 0.5) is 5.69 Å². The molecule has 9 heteroatoms. The Hall–Kier alpha value is -2.81. The molecule has 1 amide bonds. The number of ether oxygens (including phenoxy) is 1. The quantitative estimate of drug-likeness (QED) is 0.484. The van der Waals surface area contributed by atoms with Gasteiger partial charge in [-0.1, -0.05) is 0 Å². The summed E-state index contributed by atoms with van der Waals surface area (Å²) in [6, 6.07) is 3.35. The maximum Gasteiger partial charge on any atom is 0.338 e. The van der Waals surface area contributed by atoms with E-state index >= 15 is 0 Å². The first-order valence-corrected chi connectivity index (χ1v) is 6.87. The number of aryl methyl sites for hydroxylation is 1. The molecule has 2 rings (SSSR count). The van der Waals surface area contributed by atoms with Gasteiger partial charge in [-0.3, -0.25) is 14.9 Å². The number of nitro groups is 1. The van der Waals surface area contributed by atoms with Gasteiger partial charge in [0.15, 0.2) is 4.80 Å². The number of methoxy groups -OCH3 is 1. The molecule has 0 radical (unpaired) electrons. The molecule has 0 saturated heterocycles. The number of thiazole rings is 1. The zero-order valence-electron chi connectivity index (χ0n) is 11.7. The van der Waals surface area contributed by atoms with E-state index < -0.39 is 16.8 Å². The smallest absolute Gasteiger partial charge is 0.338 e. The van der Waals surface area contributed by atoms with Crippen molar-refractivity contribution in [2.45, 2.75) is 0 Å². The molecule has 114 valence electrons. The number of hydrogen-bond acceptors (Lipinski definition) is 6. The minimum atomic E-state index is -0.764. The summed E-state index contributed by atoms with van der Waals surface area (Å²) in [6.45, 7) is 0. The summed E-state index contributed by atoms with van der Waals surface area (Å²) in [7, 11) is 2.87. The molecule has 0 atom stereocenters. The Morgan fingerprint density at radius 3 is 2.55 bits per heavy atom. The van der Waals surface area contributed by atoms with E-state index in [-0.39, 0.29) is 16.8 Å². The summed E-state index contributed by atoms with van der Waals surface area (Å²) < 4.78 is 6.17. The van der Waals surface area contributed by atoms with Crippen molar-refractivity contribution >= 4 is 28.9 Å². The second-order valence-electron chi connectivity index (χ2n) is 4.23. The molecule has 22 heavy (non-hydrogen) atoms. The average molecular weight is 321 g/mol. The number of aromatic nitrogens is 1. The first-order chi connectivity index (χ1) is 10.4. The number of carbonyl (C=O) groups is 2. The minimum absolute atomic E-state index is 0.0528. The van der Waals surface area contributed by atoms with E-state index in [0.717, 1.165) is 19.2 Å². The standard InChI is InChI=1S/C13H11N3O5S/c1-15-3-4-22-13(15)14-11(17)8-5-9(12(18)21-2)7-10(6-8)16(19)20/h3-7H,1-2H3. The van der Waals surface area contributed by atoms with Crippen LogP contribution in [-0.2, 0) is 11.8 Å². The molecule has 0 aliphatic heterocycles. The van der Waals surface area contributed by atoms with Gasteiger partial charge >= 0.3 is 5.97 Å². The predicted molar refractivity (Wildman–Crippen MR) is 77.6 cm³/mol. The number of benzene rings is 1. The lowest BCUT2D eigenvalue weighted by Gasteiger charge is -2.02. The van der Waals surface area contributed by atoms with E-state index in [9.17, 15) is 19.7 Å². The number of esters is 1. The zero-order chi connectivity index (χ0) is 16.3. The lowest BCUT2D eigenvalue weighted by molar-refractivity contribution is -0.384. The van der Waals surface area contributed by atoms with Gasteiger partial charge in [0.25, 0.3) is 11.6 Å². The molecule has 0 aliphatic rings. The fourth-order valence-corrected chi connectivity index (χ4v) is 2.39. The molecule has 0 fully saturated rings. The highest BCUT2D eigenvalue weighted by molar-refractivity contribution is 7.07. The van der Waals surface area contributed by atoms with Crippen LogP contribution in [0.15, 0.2) is 34.8 Å². The van der Waals surface area contributed by atoms with Crippen molar-refractivity contribution in [1.82, 2.24) is 4.57 Å². The zero-order valence-corrected chi connectivity index (χ0v) is 12.5. The van der Waals surface area contributed by atoms with E-state index in [2.05, 4.69) is 9.73 Å². The Morgan fingerprint density at radius 2 is 2.00 bits per heavy atom. The molecule has 0 aliphatic carbocycles. The molecule has 0 unspecified atom stereocenters. The van der Waals surface area contributed by atoms with Crippen LogP contribution < -0.4 is 4.80 Å². The van der Waals surface area contributed by atoms with Crippen molar-refractivity contribution in [3.63, 3.8) is 0 Å². The van der Waals surface area contributed by atoms with Crippen LogP contribution in [-0.4, -0.2) is 28.5 Å². The summed E-state index contributed by atoms with van der Waals surface area (Å²) in [5.74, 6) is -1.44. The van der Waals surface area contributed by atoms with Crippen LogP contribution in [0.2, 0.25) is 0 Å². The monoisotopic (exact) mass is 321 g/mol. The Bertz CT molecular complexity index is 821. The van der Waals surface area contributed by atoms with Gasteiger partial charge < -0.3 is 9.30 Å². The van der Waals surface area contributed by atoms with E-state index in [1.54, 1.807) is 23.2 Å². The third kappa shape index (κ3) is 3.26. The van der Waals surface area contributed by atoms with Gasteiger partial charge in [0.1, 0.15) is 0 Å². The molecule has 0 bridgehead atoms. The number of non-ortho nitro benzene ring substituents is 1. The van der Waals surface area contributed by atoms with Crippen LogP contribution in [0.25, 0.3) is 0 Å². The Kier molecular flexibility index (Phi) is 4.47. The number of hydrogen-bond donors (Lipinski definition) is 0. The molecule has 0 N–H and O–H groups in total. The molecule has 1 heterocycles. The summed E-state index contributed by atoms with van der Waals surface area (Å²) in [5, 5.41) is 12.7. The highest BCUT2D eigenvalue weighted by Gasteiger charge is 2.18. The summed E-state index contributed by atoms with van der Waals surface area (Å²) >= 11 is 1.25. The first-order valence-electron chi connectivity index (χ1n) is 5.99. The van der Waals surface area contributed by atoms with Crippen LogP contribution in [0.3, 0.4) is 0 Å². The molecule has 0 spiro atoms. The Morgan fingerprint density at radius 1 is 1.32 bits per heavy atom. The maximum absolute atomic E-state index is 12.2. The predicted octanol–water partition coefficient (Wildman–Crippen LogP) is 1.52. The molecule has 1 aromatic carbocycles. The van der Waals surface area contributed by atoms with Crippen molar-refractivity contribution in [3.05, 3.63) is 55.8 Å². The molecule has 1 aromatic heterocycles. The number of carbonyl (C=O) groups excluding carboxylic acids is 2. The van der Waals surface area contributed by atoms with Gasteiger partial charge in [-0.25, -0.2) is 4.79 Å². The second kappa shape index (κ2) is 6.31. The fraction of sp³-hybridized carbons (Fsp3) is 0.154. The van der Waals surface area contributed by atoms with Crippen molar-refractivity contribution in [2.24, 2.45) is 12.0 Å². The highest BCUT2D eigenvalue weighted by Crippen LogP contribution is 2.18. The van der Waals surface area contributed by atoms with Crippen LogP contribution >= 0.6 is 11.3 Å². The van der Waals surface area contributed by atoms with E-state index in [4.69, 9.17) is 0 Å². The summed E-state index contributed by atoms with van der Waals surface area (Å²) in [6.07, 6.45) is 1.73. The molecular formula is C13H11N3O5S. The first kappa shape index (κ1) is 15.6. The van der Waals surface area contributed by atoms with Gasteiger partial charge in [0.2, 0.25) is 0 Å². The number of nitro benzene ring substituents is 1. The van der Waals surface area contributed by atoms with Crippen molar-refractivity contribution in [2.75, 3.05) is 7.11 Å². The molecule has 8 nitrogen and oxygen atoms in total. The minimum Gasteiger partial charge on any atom is -0.465 e. The third-order valence-electron chi connectivity index (χ3n) is 2.75. The SMILES string of the molecule is COC(=O)c1cc(C(=O)N=c2sccn2C)cc([N+](=O)[O-])c1. The van der Waals surface area contributed by atoms with Crippen LogP contribution in [0.5, 0.6) is 0 Å². The van der Waals surface area contributed by atoms with Crippen molar-refractivity contribution < 1.29 is 19.2 Å². The fourth-order valence-electron chi connectivity index (χ4n) is 1.66. The molecule has 0 saturated carbocycles. The summed E-state index contributed by atoms with van der Waals surface area (Å²) in [4.78, 5) is 38.3. The topological polar surface area (TPSA) is 104 Å². The van der Waals surface area contributed by atoms with E-state index in [1.165, 1.54) is 17.4 Å². The summed E-state index contributed by atoms with van der Waals surface area (Å²) in [5.41, 5.74) is -0.509. The van der Waals surface area contributed by atoms with E-state index in [1.807, 2.05) is 0 Å². The van der Waals surface area contributed by atoms with Gasteiger partial charge in [-0.05, 0) is 6.07 Å². The average Bonchev–Trinajstić information content (AvgIpc) is 2.91. The lowest BCUT2D eigenvalue weighted by Crippen LogP contribution is -2.13. The molecular weight excluding hydrogens is 310 g/mol. The molecule has 2 aromatic rings. The van der Waals surface area contributed by atoms with Crippen LogP contribution in [0.1, 0.15) is 20.7 Å². The number of amides is 1. The van der Waals surface area contributed by atoms with Crippen molar-refractivity contribution in [1.29, 1.82) is 0 Å². The van der Waals surface area contributed by atoms with Gasteiger partial charge in [-0.2, -0.15) is 4.99 Å². The van der Waals surface area contributed by atoms with Crippen molar-refractivity contribution in [3.8, 4) is 0 Å². The Labute approximate surface area is 128 Å². The van der Waals surface area contributed by atoms with Gasteiger partial charge in [0, 0.05) is 36.3 Å². The van der Waals surface area contributed by atoms with Crippen LogP contribution in [0, 0.1) is 10.1 Å². The number of rotatable bonds is 3. The van der Waals surface area contributed by atoms with Gasteiger partial charge in [0.05, 0.1) is 17.6 Å². The Balaban J connectivity index is 2.52.